The van der Waals surface area contributed by atoms with Crippen LogP contribution in [-0.2, 0) is 0 Å². The Labute approximate surface area is 171 Å². The van der Waals surface area contributed by atoms with Gasteiger partial charge in [-0.05, 0) is 76.1 Å². The molecule has 0 aliphatic carbocycles. The third-order valence-electron chi connectivity index (χ3n) is 4.29. The van der Waals surface area contributed by atoms with Crippen molar-refractivity contribution in [2.75, 3.05) is 10.6 Å². The summed E-state index contributed by atoms with van der Waals surface area (Å²) in [5.41, 5.74) is 5.31. The zero-order valence-corrected chi connectivity index (χ0v) is 17.4. The van der Waals surface area contributed by atoms with Gasteiger partial charge in [-0.1, -0.05) is 17.7 Å². The summed E-state index contributed by atoms with van der Waals surface area (Å²) in [6, 6.07) is 13.0. The Morgan fingerprint density at radius 1 is 1.00 bits per heavy atom. The summed E-state index contributed by atoms with van der Waals surface area (Å²) in [5, 5.41) is 6.08. The molecule has 3 aromatic rings. The van der Waals surface area contributed by atoms with Gasteiger partial charge in [0.2, 0.25) is 5.95 Å². The van der Waals surface area contributed by atoms with Crippen LogP contribution in [0.2, 0.25) is 0 Å². The topological polar surface area (TPSA) is 76.1 Å². The quantitative estimate of drug-likeness (QED) is 0.606. The van der Waals surface area contributed by atoms with Gasteiger partial charge in [-0.3, -0.25) is 4.79 Å². The number of nitrogens with zero attached hydrogens (tertiary/aromatic N) is 2. The molecule has 0 aliphatic heterocycles. The van der Waals surface area contributed by atoms with Crippen LogP contribution in [-0.4, -0.2) is 22.0 Å². The maximum absolute atomic E-state index is 12.6. The number of hydrogen-bond donors (Lipinski definition) is 2. The molecule has 6 heteroatoms. The van der Waals surface area contributed by atoms with Crippen LogP contribution in [0.1, 0.15) is 41.0 Å². The van der Waals surface area contributed by atoms with E-state index in [1.165, 1.54) is 5.56 Å². The maximum atomic E-state index is 12.6. The third-order valence-corrected chi connectivity index (χ3v) is 4.29. The molecule has 0 fully saturated rings. The first-order valence-corrected chi connectivity index (χ1v) is 9.58. The van der Waals surface area contributed by atoms with Crippen molar-refractivity contribution < 1.29 is 9.53 Å². The lowest BCUT2D eigenvalue weighted by Gasteiger charge is -2.13. The fourth-order valence-electron chi connectivity index (χ4n) is 3.12. The molecule has 150 valence electrons. The molecule has 0 bridgehead atoms. The average Bonchev–Trinajstić information content (AvgIpc) is 2.66. The lowest BCUT2D eigenvalue weighted by molar-refractivity contribution is 0.102. The van der Waals surface area contributed by atoms with Crippen molar-refractivity contribution in [1.29, 1.82) is 0 Å². The number of nitrogens with one attached hydrogen (secondary N) is 2. The normalized spacial score (nSPS) is 10.7. The van der Waals surface area contributed by atoms with Crippen molar-refractivity contribution in [2.24, 2.45) is 0 Å². The summed E-state index contributed by atoms with van der Waals surface area (Å²) in [5.74, 6) is 0.842. The first-order chi connectivity index (χ1) is 13.8. The van der Waals surface area contributed by atoms with Gasteiger partial charge in [0.15, 0.2) is 0 Å². The Kier molecular flexibility index (Phi) is 6.12. The van der Waals surface area contributed by atoms with E-state index in [4.69, 9.17) is 4.74 Å². The standard InChI is InChI=1S/C23H26N4O2/c1-14(2)29-19-8-6-18(7-9-19)25-22(28)20-10-11-24-23(26-20)27-21-16(4)12-15(3)13-17(21)5/h6-14H,1-5H3,(H,25,28)(H,24,26,27). The fourth-order valence-corrected chi connectivity index (χ4v) is 3.12. The van der Waals surface area contributed by atoms with Gasteiger partial charge >= 0.3 is 0 Å². The largest absolute Gasteiger partial charge is 0.491 e. The lowest BCUT2D eigenvalue weighted by Crippen LogP contribution is -2.15. The van der Waals surface area contributed by atoms with Gasteiger partial charge in [0, 0.05) is 17.6 Å². The van der Waals surface area contributed by atoms with Gasteiger partial charge in [-0.2, -0.15) is 0 Å². The predicted molar refractivity (Wildman–Crippen MR) is 116 cm³/mol. The molecule has 1 heterocycles. The highest BCUT2D eigenvalue weighted by Crippen LogP contribution is 2.24. The monoisotopic (exact) mass is 390 g/mol. The molecule has 0 radical (unpaired) electrons. The number of rotatable bonds is 6. The van der Waals surface area contributed by atoms with Crippen molar-refractivity contribution in [3.8, 4) is 5.75 Å². The Morgan fingerprint density at radius 2 is 1.66 bits per heavy atom. The predicted octanol–water partition coefficient (Wildman–Crippen LogP) is 5.18. The van der Waals surface area contributed by atoms with Gasteiger partial charge < -0.3 is 15.4 Å². The second-order valence-corrected chi connectivity index (χ2v) is 7.31. The Hall–Kier alpha value is -3.41. The molecule has 0 aliphatic rings. The van der Waals surface area contributed by atoms with Gasteiger partial charge in [0.1, 0.15) is 11.4 Å². The lowest BCUT2D eigenvalue weighted by atomic mass is 10.1. The van der Waals surface area contributed by atoms with E-state index in [1.807, 2.05) is 39.8 Å². The third kappa shape index (κ3) is 5.31. The summed E-state index contributed by atoms with van der Waals surface area (Å²) in [6.07, 6.45) is 1.67. The second-order valence-electron chi connectivity index (χ2n) is 7.31. The molecule has 6 nitrogen and oxygen atoms in total. The van der Waals surface area contributed by atoms with Gasteiger partial charge in [-0.25, -0.2) is 9.97 Å². The molecule has 29 heavy (non-hydrogen) atoms. The highest BCUT2D eigenvalue weighted by atomic mass is 16.5. The zero-order chi connectivity index (χ0) is 21.0. The summed E-state index contributed by atoms with van der Waals surface area (Å²) < 4.78 is 5.62. The second kappa shape index (κ2) is 8.73. The number of aromatic nitrogens is 2. The summed E-state index contributed by atoms with van der Waals surface area (Å²) in [7, 11) is 0. The van der Waals surface area contributed by atoms with Crippen LogP contribution in [0, 0.1) is 20.8 Å². The molecular weight excluding hydrogens is 364 g/mol. The fraction of sp³-hybridized carbons (Fsp3) is 0.261. The minimum Gasteiger partial charge on any atom is -0.491 e. The van der Waals surface area contributed by atoms with E-state index in [2.05, 4.69) is 39.7 Å². The molecule has 0 saturated heterocycles. The molecule has 1 amide bonds. The van der Waals surface area contributed by atoms with Gasteiger partial charge in [0.25, 0.3) is 5.91 Å². The summed E-state index contributed by atoms with van der Waals surface area (Å²) in [4.78, 5) is 21.2. The number of amides is 1. The molecule has 0 unspecified atom stereocenters. The van der Waals surface area contributed by atoms with E-state index in [-0.39, 0.29) is 17.7 Å². The van der Waals surface area contributed by atoms with Crippen LogP contribution in [0.3, 0.4) is 0 Å². The maximum Gasteiger partial charge on any atom is 0.274 e. The van der Waals surface area contributed by atoms with Crippen molar-refractivity contribution in [3.63, 3.8) is 0 Å². The highest BCUT2D eigenvalue weighted by molar-refractivity contribution is 6.03. The molecule has 3 rings (SSSR count). The van der Waals surface area contributed by atoms with E-state index in [1.54, 1.807) is 24.4 Å². The van der Waals surface area contributed by atoms with Crippen LogP contribution in [0.25, 0.3) is 0 Å². The average molecular weight is 390 g/mol. The van der Waals surface area contributed by atoms with Crippen molar-refractivity contribution in [3.05, 3.63) is 71.0 Å². The van der Waals surface area contributed by atoms with Crippen LogP contribution in [0.15, 0.2) is 48.7 Å². The molecular formula is C23H26N4O2. The van der Waals surface area contributed by atoms with Gasteiger partial charge in [0.05, 0.1) is 6.10 Å². The van der Waals surface area contributed by atoms with Gasteiger partial charge in [-0.15, -0.1) is 0 Å². The summed E-state index contributed by atoms with van der Waals surface area (Å²) >= 11 is 0. The van der Waals surface area contributed by atoms with Crippen molar-refractivity contribution >= 4 is 23.2 Å². The van der Waals surface area contributed by atoms with Crippen LogP contribution < -0.4 is 15.4 Å². The number of hydrogen-bond acceptors (Lipinski definition) is 5. The number of carbonyl (C=O) groups is 1. The van der Waals surface area contributed by atoms with Crippen LogP contribution in [0.5, 0.6) is 5.75 Å². The number of benzene rings is 2. The van der Waals surface area contributed by atoms with E-state index in [0.717, 1.165) is 22.6 Å². The van der Waals surface area contributed by atoms with Crippen LogP contribution in [0.4, 0.5) is 17.3 Å². The molecule has 0 spiro atoms. The number of aryl methyl sites for hydroxylation is 3. The SMILES string of the molecule is Cc1cc(C)c(Nc2nccc(C(=O)Nc3ccc(OC(C)C)cc3)n2)c(C)c1. The number of ether oxygens (including phenoxy) is 1. The van der Waals surface area contributed by atoms with E-state index in [9.17, 15) is 4.79 Å². The van der Waals surface area contributed by atoms with E-state index >= 15 is 0 Å². The van der Waals surface area contributed by atoms with E-state index in [0.29, 0.717) is 11.6 Å². The highest BCUT2D eigenvalue weighted by Gasteiger charge is 2.11. The number of carbonyl (C=O) groups excluding carboxylic acids is 1. The Morgan fingerprint density at radius 3 is 2.28 bits per heavy atom. The Balaban J connectivity index is 1.73. The molecule has 0 saturated carbocycles. The van der Waals surface area contributed by atoms with Crippen molar-refractivity contribution in [1.82, 2.24) is 9.97 Å². The first-order valence-electron chi connectivity index (χ1n) is 9.58. The minimum atomic E-state index is -0.301. The Bertz CT molecular complexity index is 991. The molecule has 2 aromatic carbocycles. The van der Waals surface area contributed by atoms with E-state index < -0.39 is 0 Å². The smallest absolute Gasteiger partial charge is 0.274 e. The zero-order valence-electron chi connectivity index (χ0n) is 17.4. The number of anilines is 3. The molecule has 2 N–H and O–H groups in total. The molecule has 0 atom stereocenters. The first kappa shape index (κ1) is 20.3. The molecule has 1 aromatic heterocycles. The minimum absolute atomic E-state index is 0.100. The van der Waals surface area contributed by atoms with Crippen LogP contribution >= 0.6 is 0 Å². The van der Waals surface area contributed by atoms with Crippen molar-refractivity contribution in [2.45, 2.75) is 40.7 Å². The summed E-state index contributed by atoms with van der Waals surface area (Å²) in [6.45, 7) is 10.1.